The van der Waals surface area contributed by atoms with E-state index in [9.17, 15) is 9.59 Å². The maximum atomic E-state index is 12.3. The van der Waals surface area contributed by atoms with E-state index >= 15 is 0 Å². The zero-order valence-electron chi connectivity index (χ0n) is 11.8. The normalized spacial score (nSPS) is 32.6. The van der Waals surface area contributed by atoms with Gasteiger partial charge in [-0.1, -0.05) is 18.1 Å². The minimum atomic E-state index is 0.190. The molecule has 2 heterocycles. The van der Waals surface area contributed by atoms with E-state index in [1.807, 2.05) is 4.90 Å². The highest BCUT2D eigenvalue weighted by atomic mass is 16.2. The summed E-state index contributed by atoms with van der Waals surface area (Å²) in [5.41, 5.74) is 2.83. The van der Waals surface area contributed by atoms with Gasteiger partial charge in [0.15, 0.2) is 0 Å². The van der Waals surface area contributed by atoms with Gasteiger partial charge in [-0.05, 0) is 38.0 Å². The van der Waals surface area contributed by atoms with Crippen molar-refractivity contribution in [2.45, 2.75) is 51.9 Å². The lowest BCUT2D eigenvalue weighted by Crippen LogP contribution is -2.34. The van der Waals surface area contributed by atoms with E-state index in [0.29, 0.717) is 30.4 Å². The van der Waals surface area contributed by atoms with Crippen molar-refractivity contribution in [3.63, 3.8) is 0 Å². The largest absolute Gasteiger partial charge is 0.343 e. The van der Waals surface area contributed by atoms with Gasteiger partial charge in [0.25, 0.3) is 0 Å². The molecule has 2 bridgehead atoms. The number of rotatable bonds is 0. The summed E-state index contributed by atoms with van der Waals surface area (Å²) >= 11 is 0. The first-order valence-electron chi connectivity index (χ1n) is 7.66. The quantitative estimate of drug-likeness (QED) is 0.629. The second-order valence-corrected chi connectivity index (χ2v) is 6.46. The van der Waals surface area contributed by atoms with E-state index in [4.69, 9.17) is 0 Å². The molecule has 1 aliphatic carbocycles. The van der Waals surface area contributed by atoms with Crippen LogP contribution < -0.4 is 0 Å². The molecule has 3 aliphatic rings. The van der Waals surface area contributed by atoms with Crippen LogP contribution in [0.5, 0.6) is 0 Å². The van der Waals surface area contributed by atoms with E-state index in [1.165, 1.54) is 11.1 Å². The SMILES string of the molecule is CC1CC(=O)N2CCCC3=C(CC(=O)[C@H]3CCC2)C1. The molecule has 1 unspecified atom stereocenters. The van der Waals surface area contributed by atoms with Crippen molar-refractivity contribution in [3.8, 4) is 0 Å². The summed E-state index contributed by atoms with van der Waals surface area (Å²) in [6, 6.07) is 0. The minimum absolute atomic E-state index is 0.190. The van der Waals surface area contributed by atoms with Crippen LogP contribution in [0.15, 0.2) is 11.1 Å². The minimum Gasteiger partial charge on any atom is -0.343 e. The van der Waals surface area contributed by atoms with Gasteiger partial charge in [-0.25, -0.2) is 0 Å². The number of hydrogen-bond acceptors (Lipinski definition) is 2. The molecule has 0 aromatic rings. The molecule has 0 spiro atoms. The first-order valence-corrected chi connectivity index (χ1v) is 7.66. The van der Waals surface area contributed by atoms with Gasteiger partial charge < -0.3 is 4.90 Å². The van der Waals surface area contributed by atoms with Crippen LogP contribution in [0.4, 0.5) is 0 Å². The van der Waals surface area contributed by atoms with Crippen molar-refractivity contribution in [1.82, 2.24) is 4.90 Å². The lowest BCUT2D eigenvalue weighted by molar-refractivity contribution is -0.132. The third kappa shape index (κ3) is 2.47. The van der Waals surface area contributed by atoms with Crippen molar-refractivity contribution in [2.75, 3.05) is 13.1 Å². The Morgan fingerprint density at radius 1 is 1.11 bits per heavy atom. The Balaban J connectivity index is 1.96. The third-order valence-corrected chi connectivity index (χ3v) is 4.92. The Hall–Kier alpha value is -1.12. The zero-order valence-corrected chi connectivity index (χ0v) is 11.8. The summed E-state index contributed by atoms with van der Waals surface area (Å²) < 4.78 is 0. The van der Waals surface area contributed by atoms with Crippen LogP contribution in [-0.2, 0) is 9.59 Å². The summed E-state index contributed by atoms with van der Waals surface area (Å²) in [6.45, 7) is 3.87. The number of hydrogen-bond donors (Lipinski definition) is 0. The molecule has 0 N–H and O–H groups in total. The summed E-state index contributed by atoms with van der Waals surface area (Å²) in [6.07, 6.45) is 6.27. The highest BCUT2D eigenvalue weighted by Gasteiger charge is 2.35. The average Bonchev–Trinajstić information content (AvgIpc) is 2.67. The molecule has 0 aromatic heterocycles. The second kappa shape index (κ2) is 5.10. The van der Waals surface area contributed by atoms with Crippen molar-refractivity contribution in [1.29, 1.82) is 0 Å². The van der Waals surface area contributed by atoms with E-state index in [2.05, 4.69) is 6.92 Å². The number of amides is 1. The fourth-order valence-corrected chi connectivity index (χ4v) is 4.01. The maximum absolute atomic E-state index is 12.3. The van der Waals surface area contributed by atoms with Crippen molar-refractivity contribution < 1.29 is 9.59 Å². The fourth-order valence-electron chi connectivity index (χ4n) is 4.01. The lowest BCUT2D eigenvalue weighted by Gasteiger charge is -2.25. The number of carbonyl (C=O) groups excluding carboxylic acids is 2. The van der Waals surface area contributed by atoms with Crippen LogP contribution in [0.2, 0.25) is 0 Å². The monoisotopic (exact) mass is 261 g/mol. The summed E-state index contributed by atoms with van der Waals surface area (Å²) in [4.78, 5) is 26.5. The van der Waals surface area contributed by atoms with Gasteiger partial charge in [0.2, 0.25) is 5.91 Å². The van der Waals surface area contributed by atoms with Gasteiger partial charge >= 0.3 is 0 Å². The topological polar surface area (TPSA) is 37.4 Å². The Kier molecular flexibility index (Phi) is 3.46. The van der Waals surface area contributed by atoms with Crippen LogP contribution in [0.1, 0.15) is 51.9 Å². The van der Waals surface area contributed by atoms with Crippen molar-refractivity contribution in [3.05, 3.63) is 11.1 Å². The summed E-state index contributed by atoms with van der Waals surface area (Å²) in [7, 11) is 0. The fraction of sp³-hybridized carbons (Fsp3) is 0.750. The highest BCUT2D eigenvalue weighted by molar-refractivity contribution is 5.89. The Morgan fingerprint density at radius 3 is 2.74 bits per heavy atom. The maximum Gasteiger partial charge on any atom is 0.222 e. The second-order valence-electron chi connectivity index (χ2n) is 6.46. The number of fused-ring (bicyclic) bond motifs is 3. The van der Waals surface area contributed by atoms with Crippen LogP contribution in [0.25, 0.3) is 0 Å². The molecule has 2 aliphatic heterocycles. The first kappa shape index (κ1) is 12.9. The van der Waals surface area contributed by atoms with Gasteiger partial charge in [-0.2, -0.15) is 0 Å². The molecule has 1 saturated heterocycles. The van der Waals surface area contributed by atoms with Gasteiger partial charge in [-0.15, -0.1) is 0 Å². The van der Waals surface area contributed by atoms with Crippen molar-refractivity contribution in [2.24, 2.45) is 11.8 Å². The molecule has 3 heteroatoms. The third-order valence-electron chi connectivity index (χ3n) is 4.92. The smallest absolute Gasteiger partial charge is 0.222 e. The average molecular weight is 261 g/mol. The predicted octanol–water partition coefficient (Wildman–Crippen LogP) is 2.70. The Bertz CT molecular complexity index is 438. The number of ketones is 1. The molecule has 0 aromatic carbocycles. The summed E-state index contributed by atoms with van der Waals surface area (Å²) in [5.74, 6) is 1.33. The van der Waals surface area contributed by atoms with E-state index in [-0.39, 0.29) is 5.92 Å². The van der Waals surface area contributed by atoms with E-state index < -0.39 is 0 Å². The van der Waals surface area contributed by atoms with Gasteiger partial charge in [0.1, 0.15) is 5.78 Å². The molecular formula is C16H23NO2. The molecule has 2 atom stereocenters. The van der Waals surface area contributed by atoms with Crippen LogP contribution in [0, 0.1) is 11.8 Å². The van der Waals surface area contributed by atoms with Crippen LogP contribution >= 0.6 is 0 Å². The molecule has 0 radical (unpaired) electrons. The molecular weight excluding hydrogens is 238 g/mol. The van der Waals surface area contributed by atoms with Crippen LogP contribution in [-0.4, -0.2) is 29.7 Å². The Morgan fingerprint density at radius 2 is 1.89 bits per heavy atom. The van der Waals surface area contributed by atoms with Gasteiger partial charge in [-0.3, -0.25) is 9.59 Å². The highest BCUT2D eigenvalue weighted by Crippen LogP contribution is 2.40. The molecule has 0 saturated carbocycles. The standard InChI is InChI=1S/C16H23NO2/c1-11-8-12-10-15(18)14-5-3-7-17(16(19)9-11)6-2-4-13(12)14/h11,14H,2-10H2,1H3/t11?,14-/m0/s1. The van der Waals surface area contributed by atoms with Crippen molar-refractivity contribution >= 4 is 11.7 Å². The number of nitrogens with zero attached hydrogens (tertiary/aromatic N) is 1. The zero-order chi connectivity index (χ0) is 13.4. The number of allylic oxidation sites excluding steroid dienone is 2. The lowest BCUT2D eigenvalue weighted by atomic mass is 9.89. The molecule has 1 amide bonds. The van der Waals surface area contributed by atoms with Crippen LogP contribution in [0.3, 0.4) is 0 Å². The molecule has 3 nitrogen and oxygen atoms in total. The molecule has 104 valence electrons. The number of Topliss-reactive ketones (excluding diaryl/α,β-unsaturated/α-hetero) is 1. The molecule has 3 rings (SSSR count). The molecule has 19 heavy (non-hydrogen) atoms. The van der Waals surface area contributed by atoms with Gasteiger partial charge in [0, 0.05) is 31.8 Å². The van der Waals surface area contributed by atoms with Gasteiger partial charge in [0.05, 0.1) is 0 Å². The predicted molar refractivity (Wildman–Crippen MR) is 73.6 cm³/mol. The summed E-state index contributed by atoms with van der Waals surface area (Å²) in [5, 5.41) is 0. The Labute approximate surface area is 115 Å². The number of carbonyl (C=O) groups is 2. The van der Waals surface area contributed by atoms with E-state index in [1.54, 1.807) is 0 Å². The van der Waals surface area contributed by atoms with E-state index in [0.717, 1.165) is 45.2 Å². The first-order chi connectivity index (χ1) is 9.15. The molecule has 1 fully saturated rings.